The van der Waals surface area contributed by atoms with Crippen molar-refractivity contribution < 1.29 is 4.79 Å². The van der Waals surface area contributed by atoms with Crippen molar-refractivity contribution in [2.45, 2.75) is 25.8 Å². The van der Waals surface area contributed by atoms with E-state index in [1.54, 1.807) is 0 Å². The fourth-order valence-electron chi connectivity index (χ4n) is 2.12. The van der Waals surface area contributed by atoms with Gasteiger partial charge in [0.15, 0.2) is 0 Å². The summed E-state index contributed by atoms with van der Waals surface area (Å²) in [6.45, 7) is 2.85. The van der Waals surface area contributed by atoms with E-state index in [0.717, 1.165) is 23.4 Å². The normalized spacial score (nSPS) is 15.4. The molecule has 0 aromatic heterocycles. The van der Waals surface area contributed by atoms with E-state index in [1.165, 1.54) is 0 Å². The lowest BCUT2D eigenvalue weighted by molar-refractivity contribution is -0.115. The molecule has 1 aliphatic rings. The summed E-state index contributed by atoms with van der Waals surface area (Å²) >= 11 is 0. The molecule has 3 N–H and O–H groups in total. The lowest BCUT2D eigenvalue weighted by Gasteiger charge is -2.27. The van der Waals surface area contributed by atoms with Gasteiger partial charge in [-0.25, -0.2) is 0 Å². The van der Waals surface area contributed by atoms with E-state index in [9.17, 15) is 4.79 Å². The third-order valence-corrected chi connectivity index (χ3v) is 3.37. The second-order valence-electron chi connectivity index (χ2n) is 4.60. The minimum Gasteiger partial charge on any atom is -0.372 e. The summed E-state index contributed by atoms with van der Waals surface area (Å²) in [5, 5.41) is 2.84. The summed E-state index contributed by atoms with van der Waals surface area (Å²) in [5.74, 6) is 0.0785. The van der Waals surface area contributed by atoms with Gasteiger partial charge in [0.05, 0.1) is 6.42 Å². The molecule has 0 spiro atoms. The molecule has 4 heteroatoms. The van der Waals surface area contributed by atoms with Gasteiger partial charge in [-0.05, 0) is 43.7 Å². The lowest BCUT2D eigenvalue weighted by Crippen LogP contribution is -2.30. The first-order valence-electron chi connectivity index (χ1n) is 5.97. The minimum absolute atomic E-state index is 0.0785. The zero-order valence-electron chi connectivity index (χ0n) is 10.4. The van der Waals surface area contributed by atoms with Gasteiger partial charge in [-0.3, -0.25) is 4.79 Å². The maximum Gasteiger partial charge on any atom is 0.228 e. The SMILES string of the molecule is CC(CCN)N(C)c1ccc2c(c1)CC(=O)N2. The van der Waals surface area contributed by atoms with Crippen LogP contribution < -0.4 is 16.0 Å². The summed E-state index contributed by atoms with van der Waals surface area (Å²) < 4.78 is 0. The highest BCUT2D eigenvalue weighted by atomic mass is 16.1. The van der Waals surface area contributed by atoms with Gasteiger partial charge in [-0.15, -0.1) is 0 Å². The van der Waals surface area contributed by atoms with E-state index < -0.39 is 0 Å². The van der Waals surface area contributed by atoms with Gasteiger partial charge < -0.3 is 16.0 Å². The van der Waals surface area contributed by atoms with Gasteiger partial charge in [-0.2, -0.15) is 0 Å². The molecule has 0 saturated heterocycles. The molecule has 0 bridgehead atoms. The Morgan fingerprint density at radius 3 is 3.00 bits per heavy atom. The van der Waals surface area contributed by atoms with Gasteiger partial charge in [0, 0.05) is 24.5 Å². The predicted molar refractivity (Wildman–Crippen MR) is 70.3 cm³/mol. The molecule has 1 atom stereocenters. The van der Waals surface area contributed by atoms with E-state index in [4.69, 9.17) is 5.73 Å². The van der Waals surface area contributed by atoms with E-state index in [0.29, 0.717) is 19.0 Å². The van der Waals surface area contributed by atoms with Crippen LogP contribution in [0.1, 0.15) is 18.9 Å². The average molecular weight is 233 g/mol. The number of nitrogens with two attached hydrogens (primary N) is 1. The van der Waals surface area contributed by atoms with Gasteiger partial charge in [0.2, 0.25) is 5.91 Å². The Labute approximate surface area is 102 Å². The van der Waals surface area contributed by atoms with Gasteiger partial charge >= 0.3 is 0 Å². The van der Waals surface area contributed by atoms with Crippen LogP contribution in [0.2, 0.25) is 0 Å². The van der Waals surface area contributed by atoms with Crippen molar-refractivity contribution in [1.29, 1.82) is 0 Å². The van der Waals surface area contributed by atoms with Gasteiger partial charge in [0.1, 0.15) is 0 Å². The van der Waals surface area contributed by atoms with Crippen molar-refractivity contribution in [2.24, 2.45) is 5.73 Å². The first-order chi connectivity index (χ1) is 8.11. The first kappa shape index (κ1) is 11.9. The van der Waals surface area contributed by atoms with Crippen LogP contribution in [0.4, 0.5) is 11.4 Å². The van der Waals surface area contributed by atoms with Crippen LogP contribution in [0.3, 0.4) is 0 Å². The van der Waals surface area contributed by atoms with Crippen LogP contribution in [-0.4, -0.2) is 25.5 Å². The molecule has 1 heterocycles. The van der Waals surface area contributed by atoms with E-state index >= 15 is 0 Å². The topological polar surface area (TPSA) is 58.4 Å². The quantitative estimate of drug-likeness (QED) is 0.825. The van der Waals surface area contributed by atoms with Crippen LogP contribution >= 0.6 is 0 Å². The maximum atomic E-state index is 11.3. The molecule has 92 valence electrons. The third-order valence-electron chi connectivity index (χ3n) is 3.37. The van der Waals surface area contributed by atoms with E-state index in [2.05, 4.69) is 30.3 Å². The van der Waals surface area contributed by atoms with E-state index in [-0.39, 0.29) is 5.91 Å². The van der Waals surface area contributed by atoms with Crippen LogP contribution in [-0.2, 0) is 11.2 Å². The zero-order valence-corrected chi connectivity index (χ0v) is 10.4. The highest BCUT2D eigenvalue weighted by molar-refractivity contribution is 5.99. The Kier molecular flexibility index (Phi) is 3.33. The second kappa shape index (κ2) is 4.75. The Morgan fingerprint density at radius 2 is 2.29 bits per heavy atom. The number of anilines is 2. The summed E-state index contributed by atoms with van der Waals surface area (Å²) in [4.78, 5) is 13.5. The molecular formula is C13H19N3O. The number of carbonyl (C=O) groups is 1. The molecule has 0 fully saturated rings. The molecule has 1 aromatic carbocycles. The monoisotopic (exact) mass is 233 g/mol. The summed E-state index contributed by atoms with van der Waals surface area (Å²) in [6, 6.07) is 6.50. The predicted octanol–water partition coefficient (Wildman–Crippen LogP) is 1.35. The molecule has 1 unspecified atom stereocenters. The standard InChI is InChI=1S/C13H19N3O/c1-9(5-6-14)16(2)11-3-4-12-10(7-11)8-13(17)15-12/h3-4,7,9H,5-6,8,14H2,1-2H3,(H,15,17). The number of benzene rings is 1. The second-order valence-corrected chi connectivity index (χ2v) is 4.60. The molecule has 2 rings (SSSR count). The van der Waals surface area contributed by atoms with Crippen molar-refractivity contribution in [3.8, 4) is 0 Å². The Hall–Kier alpha value is -1.55. The first-order valence-corrected chi connectivity index (χ1v) is 5.97. The molecule has 1 amide bonds. The van der Waals surface area contributed by atoms with Crippen molar-refractivity contribution in [3.63, 3.8) is 0 Å². The summed E-state index contributed by atoms with van der Waals surface area (Å²) in [6.07, 6.45) is 1.45. The van der Waals surface area contributed by atoms with Crippen molar-refractivity contribution in [2.75, 3.05) is 23.8 Å². The molecular weight excluding hydrogens is 214 g/mol. The number of amides is 1. The number of rotatable bonds is 4. The summed E-state index contributed by atoms with van der Waals surface area (Å²) in [7, 11) is 2.06. The van der Waals surface area contributed by atoms with Gasteiger partial charge in [0.25, 0.3) is 0 Å². The van der Waals surface area contributed by atoms with Crippen LogP contribution in [0.15, 0.2) is 18.2 Å². The number of hydrogen-bond acceptors (Lipinski definition) is 3. The number of nitrogens with zero attached hydrogens (tertiary/aromatic N) is 1. The molecule has 0 saturated carbocycles. The Bertz CT molecular complexity index is 431. The van der Waals surface area contributed by atoms with Crippen molar-refractivity contribution >= 4 is 17.3 Å². The lowest BCUT2D eigenvalue weighted by atomic mass is 10.1. The highest BCUT2D eigenvalue weighted by Gasteiger charge is 2.19. The zero-order chi connectivity index (χ0) is 12.4. The van der Waals surface area contributed by atoms with Crippen LogP contribution in [0.5, 0.6) is 0 Å². The molecule has 1 aromatic rings. The van der Waals surface area contributed by atoms with Crippen LogP contribution in [0.25, 0.3) is 0 Å². The smallest absolute Gasteiger partial charge is 0.228 e. The molecule has 1 aliphatic heterocycles. The fraction of sp³-hybridized carbons (Fsp3) is 0.462. The Balaban J connectivity index is 2.18. The summed E-state index contributed by atoms with van der Waals surface area (Å²) in [5.41, 5.74) is 8.74. The molecule has 17 heavy (non-hydrogen) atoms. The number of carbonyl (C=O) groups excluding carboxylic acids is 1. The Morgan fingerprint density at radius 1 is 1.53 bits per heavy atom. The molecule has 4 nitrogen and oxygen atoms in total. The number of hydrogen-bond donors (Lipinski definition) is 2. The molecule has 0 aliphatic carbocycles. The van der Waals surface area contributed by atoms with E-state index in [1.807, 2.05) is 12.1 Å². The molecule has 0 radical (unpaired) electrons. The average Bonchev–Trinajstić information content (AvgIpc) is 2.67. The van der Waals surface area contributed by atoms with Gasteiger partial charge in [-0.1, -0.05) is 0 Å². The van der Waals surface area contributed by atoms with Crippen molar-refractivity contribution in [1.82, 2.24) is 0 Å². The van der Waals surface area contributed by atoms with Crippen LogP contribution in [0, 0.1) is 0 Å². The number of fused-ring (bicyclic) bond motifs is 1. The minimum atomic E-state index is 0.0785. The maximum absolute atomic E-state index is 11.3. The largest absolute Gasteiger partial charge is 0.372 e. The number of nitrogens with one attached hydrogen (secondary N) is 1. The fourth-order valence-corrected chi connectivity index (χ4v) is 2.12. The highest BCUT2D eigenvalue weighted by Crippen LogP contribution is 2.28. The third kappa shape index (κ3) is 2.42. The van der Waals surface area contributed by atoms with Crippen molar-refractivity contribution in [3.05, 3.63) is 23.8 Å².